The van der Waals surface area contributed by atoms with E-state index in [2.05, 4.69) is 0 Å². The lowest BCUT2D eigenvalue weighted by atomic mass is 9.96. The van der Waals surface area contributed by atoms with Gasteiger partial charge in [-0.15, -0.1) is 0 Å². The first-order valence-corrected chi connectivity index (χ1v) is 7.15. The molecule has 0 aliphatic heterocycles. The van der Waals surface area contributed by atoms with Gasteiger partial charge in [-0.1, -0.05) is 20.3 Å². The van der Waals surface area contributed by atoms with Gasteiger partial charge in [0.15, 0.2) is 11.1 Å². The summed E-state index contributed by atoms with van der Waals surface area (Å²) in [5, 5.41) is 8.97. The van der Waals surface area contributed by atoms with Gasteiger partial charge in [-0.2, -0.15) is 0 Å². The number of hydrogen-bond donors (Lipinski definition) is 3. The Bertz CT molecular complexity index is 256. The molecule has 1 aliphatic rings. The number of hydrogen-bond acceptors (Lipinski definition) is 3. The number of nitrogens with two attached hydrogens (primary N) is 1. The van der Waals surface area contributed by atoms with Crippen molar-refractivity contribution >= 4 is 11.1 Å². The molecule has 0 bridgehead atoms. The molecule has 5 heteroatoms. The molecular weight excluding hydrogens is 226 g/mol. The maximum absolute atomic E-state index is 11.4. The molecule has 0 spiro atoms. The normalized spacial score (nSPS) is 34.4. The van der Waals surface area contributed by atoms with Crippen LogP contribution in [-0.4, -0.2) is 31.8 Å². The first-order valence-electron chi connectivity index (χ1n) is 5.98. The highest BCUT2D eigenvalue weighted by atomic mass is 32.2. The van der Waals surface area contributed by atoms with E-state index in [0.29, 0.717) is 0 Å². The van der Waals surface area contributed by atoms with E-state index in [1.54, 1.807) is 0 Å². The summed E-state index contributed by atoms with van der Waals surface area (Å²) in [6.45, 7) is 4.13. The molecule has 1 rings (SSSR count). The standard InChI is InChI=1S/C11H23NO3S/c1-3-5-9(12)10(16(14)15)8-6-11(8,4-2)7-13/h8-10,13H,3-7,12H2,1-2H3,(H,14,15). The van der Waals surface area contributed by atoms with Crippen molar-refractivity contribution in [3.63, 3.8) is 0 Å². The Morgan fingerprint density at radius 1 is 1.56 bits per heavy atom. The smallest absolute Gasteiger partial charge is 0.157 e. The summed E-state index contributed by atoms with van der Waals surface area (Å²) < 4.78 is 20.7. The Labute approximate surface area is 99.9 Å². The molecule has 0 aromatic heterocycles. The van der Waals surface area contributed by atoms with E-state index in [-0.39, 0.29) is 29.2 Å². The molecule has 0 amide bonds. The van der Waals surface area contributed by atoms with Gasteiger partial charge in [0.05, 0.1) is 5.25 Å². The van der Waals surface area contributed by atoms with E-state index in [1.807, 2.05) is 13.8 Å². The molecule has 96 valence electrons. The van der Waals surface area contributed by atoms with Gasteiger partial charge in [-0.25, -0.2) is 4.21 Å². The van der Waals surface area contributed by atoms with Crippen LogP contribution in [0.2, 0.25) is 0 Å². The Kier molecular flexibility index (Phi) is 4.91. The highest BCUT2D eigenvalue weighted by Gasteiger charge is 2.58. The van der Waals surface area contributed by atoms with Crippen LogP contribution in [-0.2, 0) is 11.1 Å². The van der Waals surface area contributed by atoms with Gasteiger partial charge in [-0.05, 0) is 30.6 Å². The zero-order valence-electron chi connectivity index (χ0n) is 10.1. The van der Waals surface area contributed by atoms with Crippen LogP contribution >= 0.6 is 0 Å². The molecule has 0 aromatic rings. The topological polar surface area (TPSA) is 83.5 Å². The average molecular weight is 249 g/mol. The zero-order valence-corrected chi connectivity index (χ0v) is 10.9. The Morgan fingerprint density at radius 3 is 2.50 bits per heavy atom. The van der Waals surface area contributed by atoms with Crippen LogP contribution in [0.15, 0.2) is 0 Å². The molecule has 1 fully saturated rings. The molecule has 0 saturated heterocycles. The van der Waals surface area contributed by atoms with Crippen molar-refractivity contribution < 1.29 is 13.9 Å². The van der Waals surface area contributed by atoms with Crippen LogP contribution in [0, 0.1) is 11.3 Å². The minimum Gasteiger partial charge on any atom is -0.396 e. The molecule has 1 aliphatic carbocycles. The highest BCUT2D eigenvalue weighted by molar-refractivity contribution is 7.80. The van der Waals surface area contributed by atoms with Crippen molar-refractivity contribution in [2.75, 3.05) is 6.61 Å². The molecule has 5 unspecified atom stereocenters. The Hall–Kier alpha value is 0.0300. The minimum atomic E-state index is -1.89. The van der Waals surface area contributed by atoms with Crippen LogP contribution in [0.5, 0.6) is 0 Å². The molecule has 5 atom stereocenters. The van der Waals surface area contributed by atoms with Crippen LogP contribution in [0.25, 0.3) is 0 Å². The van der Waals surface area contributed by atoms with Crippen LogP contribution in [0.3, 0.4) is 0 Å². The molecule has 4 N–H and O–H groups in total. The van der Waals surface area contributed by atoms with Crippen molar-refractivity contribution in [2.24, 2.45) is 17.1 Å². The minimum absolute atomic E-state index is 0.0979. The highest BCUT2D eigenvalue weighted by Crippen LogP contribution is 2.58. The fraction of sp³-hybridized carbons (Fsp3) is 1.00. The van der Waals surface area contributed by atoms with Crippen molar-refractivity contribution in [1.82, 2.24) is 0 Å². The quantitative estimate of drug-likeness (QED) is 0.590. The third-order valence-electron chi connectivity index (χ3n) is 3.95. The fourth-order valence-corrected chi connectivity index (χ4v) is 3.73. The second-order valence-electron chi connectivity index (χ2n) is 4.88. The van der Waals surface area contributed by atoms with Gasteiger partial charge < -0.3 is 15.4 Å². The van der Waals surface area contributed by atoms with E-state index < -0.39 is 11.1 Å². The SMILES string of the molecule is CCCC(N)C(C1CC1(CC)CO)S(=O)O. The summed E-state index contributed by atoms with van der Waals surface area (Å²) in [7, 11) is 0. The lowest BCUT2D eigenvalue weighted by Crippen LogP contribution is -2.41. The summed E-state index contributed by atoms with van der Waals surface area (Å²) >= 11 is -1.89. The summed E-state index contributed by atoms with van der Waals surface area (Å²) in [5.74, 6) is 0.106. The van der Waals surface area contributed by atoms with E-state index in [1.165, 1.54) is 0 Å². The van der Waals surface area contributed by atoms with Crippen molar-refractivity contribution in [1.29, 1.82) is 0 Å². The second kappa shape index (κ2) is 5.58. The maximum atomic E-state index is 11.4. The van der Waals surface area contributed by atoms with Crippen molar-refractivity contribution in [3.05, 3.63) is 0 Å². The van der Waals surface area contributed by atoms with E-state index in [0.717, 1.165) is 25.7 Å². The third-order valence-corrected chi connectivity index (χ3v) is 5.09. The predicted octanol–water partition coefficient (Wildman–Crippen LogP) is 1.11. The molecular formula is C11H23NO3S. The van der Waals surface area contributed by atoms with E-state index in [9.17, 15) is 13.9 Å². The van der Waals surface area contributed by atoms with Crippen LogP contribution in [0.1, 0.15) is 39.5 Å². The molecule has 0 aromatic carbocycles. The summed E-state index contributed by atoms with van der Waals surface area (Å²) in [5.41, 5.74) is 5.82. The van der Waals surface area contributed by atoms with Gasteiger partial charge in [0.1, 0.15) is 0 Å². The molecule has 16 heavy (non-hydrogen) atoms. The molecule has 0 heterocycles. The third kappa shape index (κ3) is 2.64. The van der Waals surface area contributed by atoms with Crippen molar-refractivity contribution in [3.8, 4) is 0 Å². The Balaban J connectivity index is 2.70. The first kappa shape index (κ1) is 14.1. The Morgan fingerprint density at radius 2 is 2.19 bits per heavy atom. The maximum Gasteiger partial charge on any atom is 0.157 e. The number of rotatable bonds is 7. The zero-order chi connectivity index (χ0) is 12.3. The van der Waals surface area contributed by atoms with Crippen molar-refractivity contribution in [2.45, 2.75) is 50.8 Å². The molecule has 1 saturated carbocycles. The van der Waals surface area contributed by atoms with Gasteiger partial charge >= 0.3 is 0 Å². The first-order chi connectivity index (χ1) is 7.52. The monoisotopic (exact) mass is 249 g/mol. The summed E-state index contributed by atoms with van der Waals surface area (Å²) in [6, 6.07) is -0.235. The summed E-state index contributed by atoms with van der Waals surface area (Å²) in [4.78, 5) is 0. The van der Waals surface area contributed by atoms with Crippen LogP contribution < -0.4 is 5.73 Å². The van der Waals surface area contributed by atoms with Crippen LogP contribution in [0.4, 0.5) is 0 Å². The van der Waals surface area contributed by atoms with E-state index >= 15 is 0 Å². The van der Waals surface area contributed by atoms with Gasteiger partial charge in [0, 0.05) is 12.6 Å². The van der Waals surface area contributed by atoms with Gasteiger partial charge in [0.25, 0.3) is 0 Å². The van der Waals surface area contributed by atoms with Gasteiger partial charge in [0.2, 0.25) is 0 Å². The van der Waals surface area contributed by atoms with E-state index in [4.69, 9.17) is 5.73 Å². The summed E-state index contributed by atoms with van der Waals surface area (Å²) in [6.07, 6.45) is 3.35. The fourth-order valence-electron chi connectivity index (χ4n) is 2.63. The largest absolute Gasteiger partial charge is 0.396 e. The number of aliphatic hydroxyl groups excluding tert-OH is 1. The lowest BCUT2D eigenvalue weighted by Gasteiger charge is -2.23. The lowest BCUT2D eigenvalue weighted by molar-refractivity contribution is 0.190. The van der Waals surface area contributed by atoms with Gasteiger partial charge in [-0.3, -0.25) is 0 Å². The molecule has 0 radical (unpaired) electrons. The molecule has 4 nitrogen and oxygen atoms in total. The average Bonchev–Trinajstić information content (AvgIpc) is 2.93. The number of aliphatic hydroxyl groups is 1. The predicted molar refractivity (Wildman–Crippen MR) is 65.4 cm³/mol. The second-order valence-corrected chi connectivity index (χ2v) is 5.97.